The summed E-state index contributed by atoms with van der Waals surface area (Å²) in [6.07, 6.45) is 2.35. The molecule has 1 saturated heterocycles. The number of hydrogen-bond acceptors (Lipinski definition) is 3. The number of benzene rings is 1. The van der Waals surface area contributed by atoms with Crippen molar-refractivity contribution < 1.29 is 14.7 Å². The number of carbonyl (C=O) groups excluding carboxylic acids is 1. The summed E-state index contributed by atoms with van der Waals surface area (Å²) < 4.78 is 0. The maximum Gasteiger partial charge on any atom is 0.329 e. The minimum atomic E-state index is -0.976. The van der Waals surface area contributed by atoms with E-state index in [4.69, 9.17) is 17.3 Å². The molecule has 1 aliphatic heterocycles. The van der Waals surface area contributed by atoms with Crippen LogP contribution in [0, 0.1) is 0 Å². The second-order valence-corrected chi connectivity index (χ2v) is 5.63. The van der Waals surface area contributed by atoms with E-state index >= 15 is 0 Å². The molecule has 6 heteroatoms. The lowest BCUT2D eigenvalue weighted by Gasteiger charge is -2.43. The lowest BCUT2D eigenvalue weighted by molar-refractivity contribution is -0.143. The van der Waals surface area contributed by atoms with Gasteiger partial charge >= 0.3 is 5.97 Å². The number of nitrogens with zero attached hydrogens (tertiary/aromatic N) is 1. The highest BCUT2D eigenvalue weighted by molar-refractivity contribution is 6.33. The van der Waals surface area contributed by atoms with E-state index in [2.05, 4.69) is 0 Å². The minimum absolute atomic E-state index is 0.313. The van der Waals surface area contributed by atoms with Crippen molar-refractivity contribution in [2.75, 3.05) is 11.4 Å². The van der Waals surface area contributed by atoms with Crippen molar-refractivity contribution >= 4 is 29.2 Å². The number of carboxylic acid groups (broad SMARTS) is 1. The summed E-state index contributed by atoms with van der Waals surface area (Å²) in [7, 11) is 0. The summed E-state index contributed by atoms with van der Waals surface area (Å²) in [5.41, 5.74) is 5.17. The van der Waals surface area contributed by atoms with Gasteiger partial charge in [0.25, 0.3) is 0 Å². The zero-order valence-electron chi connectivity index (χ0n) is 11.2. The van der Waals surface area contributed by atoms with Gasteiger partial charge in [-0.25, -0.2) is 4.79 Å². The van der Waals surface area contributed by atoms with Crippen LogP contribution in [0.3, 0.4) is 0 Å². The number of halogens is 1. The monoisotopic (exact) mass is 296 g/mol. The van der Waals surface area contributed by atoms with Gasteiger partial charge in [-0.3, -0.25) is 4.79 Å². The first kappa shape index (κ1) is 14.7. The molecule has 1 fully saturated rings. The third kappa shape index (κ3) is 2.45. The predicted molar refractivity (Wildman–Crippen MR) is 77.2 cm³/mol. The predicted octanol–water partition coefficient (Wildman–Crippen LogP) is 2.27. The summed E-state index contributed by atoms with van der Waals surface area (Å²) in [6.45, 7) is 2.32. The molecule has 0 aliphatic carbocycles. The molecule has 0 saturated carbocycles. The standard InChI is InChI=1S/C14H17ClN2O3/c1-14(13(19)20)6-2-3-7-17(14)11-5-4-9(12(16)18)8-10(11)15/h4-5,8H,2-3,6-7H2,1H3,(H2,16,18)(H,19,20). The van der Waals surface area contributed by atoms with E-state index in [1.54, 1.807) is 24.0 Å². The highest BCUT2D eigenvalue weighted by Crippen LogP contribution is 2.37. The second-order valence-electron chi connectivity index (χ2n) is 5.22. The molecule has 1 aliphatic rings. The second kappa shape index (κ2) is 5.32. The van der Waals surface area contributed by atoms with Crippen molar-refractivity contribution in [1.29, 1.82) is 0 Å². The Kier molecular flexibility index (Phi) is 3.90. The van der Waals surface area contributed by atoms with Gasteiger partial charge in [0.2, 0.25) is 5.91 Å². The van der Waals surface area contributed by atoms with E-state index in [1.165, 1.54) is 6.07 Å². The Morgan fingerprint density at radius 3 is 2.65 bits per heavy atom. The van der Waals surface area contributed by atoms with Crippen LogP contribution in [-0.4, -0.2) is 29.1 Å². The summed E-state index contributed by atoms with van der Waals surface area (Å²) in [6, 6.07) is 4.71. The van der Waals surface area contributed by atoms with E-state index in [0.29, 0.717) is 29.2 Å². The Morgan fingerprint density at radius 2 is 2.10 bits per heavy atom. The number of carboxylic acids is 1. The topological polar surface area (TPSA) is 83.6 Å². The zero-order valence-corrected chi connectivity index (χ0v) is 12.0. The lowest BCUT2D eigenvalue weighted by atomic mass is 9.88. The fourth-order valence-electron chi connectivity index (χ4n) is 2.61. The number of carbonyl (C=O) groups is 2. The maximum atomic E-state index is 11.6. The summed E-state index contributed by atoms with van der Waals surface area (Å²) in [5, 5.41) is 9.85. The number of aliphatic carboxylic acids is 1. The first-order chi connectivity index (χ1) is 9.36. The van der Waals surface area contributed by atoms with E-state index in [-0.39, 0.29) is 0 Å². The SMILES string of the molecule is CC1(C(=O)O)CCCCN1c1ccc(C(N)=O)cc1Cl. The molecule has 1 atom stereocenters. The molecule has 5 nitrogen and oxygen atoms in total. The molecule has 0 spiro atoms. The fraction of sp³-hybridized carbons (Fsp3) is 0.429. The van der Waals surface area contributed by atoms with Gasteiger partial charge in [-0.05, 0) is 44.4 Å². The van der Waals surface area contributed by atoms with Crippen molar-refractivity contribution in [3.63, 3.8) is 0 Å². The first-order valence-corrected chi connectivity index (χ1v) is 6.84. The molecule has 1 heterocycles. The summed E-state index contributed by atoms with van der Waals surface area (Å²) in [4.78, 5) is 24.5. The zero-order chi connectivity index (χ0) is 14.9. The van der Waals surface area contributed by atoms with Gasteiger partial charge in [0.15, 0.2) is 0 Å². The van der Waals surface area contributed by atoms with Crippen LogP contribution in [0.2, 0.25) is 5.02 Å². The van der Waals surface area contributed by atoms with Gasteiger partial charge in [0.05, 0.1) is 10.7 Å². The molecule has 1 aromatic rings. The molecular formula is C14H17ClN2O3. The van der Waals surface area contributed by atoms with Crippen LogP contribution in [0.25, 0.3) is 0 Å². The number of anilines is 1. The highest BCUT2D eigenvalue weighted by atomic mass is 35.5. The quantitative estimate of drug-likeness (QED) is 0.896. The molecule has 0 radical (unpaired) electrons. The van der Waals surface area contributed by atoms with E-state index in [1.807, 2.05) is 0 Å². The Balaban J connectivity index is 2.43. The largest absolute Gasteiger partial charge is 0.480 e. The lowest BCUT2D eigenvalue weighted by Crippen LogP contribution is -2.55. The number of hydrogen-bond donors (Lipinski definition) is 2. The minimum Gasteiger partial charge on any atom is -0.480 e. The molecule has 1 unspecified atom stereocenters. The Bertz CT molecular complexity index is 561. The fourth-order valence-corrected chi connectivity index (χ4v) is 2.89. The average Bonchev–Trinajstić information content (AvgIpc) is 2.39. The highest BCUT2D eigenvalue weighted by Gasteiger charge is 2.42. The molecule has 20 heavy (non-hydrogen) atoms. The van der Waals surface area contributed by atoms with Crippen molar-refractivity contribution in [3.05, 3.63) is 28.8 Å². The molecule has 3 N–H and O–H groups in total. The van der Waals surface area contributed by atoms with Crippen LogP contribution in [0.1, 0.15) is 36.5 Å². The third-order valence-electron chi connectivity index (χ3n) is 3.87. The van der Waals surface area contributed by atoms with Gasteiger partial charge < -0.3 is 15.7 Å². The summed E-state index contributed by atoms with van der Waals surface area (Å²) in [5.74, 6) is -1.43. The Hall–Kier alpha value is -1.75. The van der Waals surface area contributed by atoms with Crippen LogP contribution in [0.15, 0.2) is 18.2 Å². The number of rotatable bonds is 3. The molecule has 1 aromatic carbocycles. The van der Waals surface area contributed by atoms with Crippen molar-refractivity contribution in [3.8, 4) is 0 Å². The van der Waals surface area contributed by atoms with Gasteiger partial charge in [0, 0.05) is 12.1 Å². The van der Waals surface area contributed by atoms with E-state index in [0.717, 1.165) is 12.8 Å². The molecule has 108 valence electrons. The maximum absolute atomic E-state index is 11.6. The molecule has 0 bridgehead atoms. The first-order valence-electron chi connectivity index (χ1n) is 6.46. The van der Waals surface area contributed by atoms with Gasteiger partial charge in [-0.2, -0.15) is 0 Å². The number of amides is 1. The van der Waals surface area contributed by atoms with Gasteiger partial charge in [-0.15, -0.1) is 0 Å². The number of piperidine rings is 1. The number of nitrogens with two attached hydrogens (primary N) is 1. The van der Waals surface area contributed by atoms with Gasteiger partial charge in [0.1, 0.15) is 5.54 Å². The Labute approximate surface area is 122 Å². The van der Waals surface area contributed by atoms with E-state index < -0.39 is 17.4 Å². The molecular weight excluding hydrogens is 280 g/mol. The van der Waals surface area contributed by atoms with Crippen molar-refractivity contribution in [1.82, 2.24) is 0 Å². The third-order valence-corrected chi connectivity index (χ3v) is 4.18. The molecule has 0 aromatic heterocycles. The van der Waals surface area contributed by atoms with Crippen LogP contribution in [0.5, 0.6) is 0 Å². The molecule has 2 rings (SSSR count). The van der Waals surface area contributed by atoms with Crippen LogP contribution in [-0.2, 0) is 4.79 Å². The average molecular weight is 297 g/mol. The van der Waals surface area contributed by atoms with Gasteiger partial charge in [-0.1, -0.05) is 11.6 Å². The van der Waals surface area contributed by atoms with Crippen LogP contribution >= 0.6 is 11.6 Å². The Morgan fingerprint density at radius 1 is 1.40 bits per heavy atom. The van der Waals surface area contributed by atoms with E-state index in [9.17, 15) is 14.7 Å². The van der Waals surface area contributed by atoms with Crippen LogP contribution in [0.4, 0.5) is 5.69 Å². The normalized spacial score (nSPS) is 22.6. The molecule has 1 amide bonds. The smallest absolute Gasteiger partial charge is 0.329 e. The number of primary amides is 1. The summed E-state index contributed by atoms with van der Waals surface area (Å²) >= 11 is 6.20. The van der Waals surface area contributed by atoms with Crippen LogP contribution < -0.4 is 10.6 Å². The van der Waals surface area contributed by atoms with Crippen molar-refractivity contribution in [2.45, 2.75) is 31.7 Å². The van der Waals surface area contributed by atoms with Crippen molar-refractivity contribution in [2.24, 2.45) is 5.73 Å².